The lowest BCUT2D eigenvalue weighted by Gasteiger charge is -2.09. The van der Waals surface area contributed by atoms with Crippen LogP contribution in [0, 0.1) is 24.2 Å². The highest BCUT2D eigenvalue weighted by atomic mass is 15.0. The number of fused-ring (bicyclic) bond motifs is 1. The van der Waals surface area contributed by atoms with E-state index in [4.69, 9.17) is 6.42 Å². The molecule has 0 saturated heterocycles. The zero-order valence-electron chi connectivity index (χ0n) is 8.42. The number of rotatable bonds is 3. The van der Waals surface area contributed by atoms with Crippen LogP contribution >= 0.6 is 0 Å². The predicted octanol–water partition coefficient (Wildman–Crippen LogP) is 2.18. The molecule has 13 heavy (non-hydrogen) atoms. The summed E-state index contributed by atoms with van der Waals surface area (Å²) >= 11 is 0. The minimum Gasteiger partial charge on any atom is -0.300 e. The van der Waals surface area contributed by atoms with Crippen molar-refractivity contribution in [1.82, 2.24) is 5.32 Å². The van der Waals surface area contributed by atoms with Gasteiger partial charge in [0.05, 0.1) is 6.04 Å². The van der Waals surface area contributed by atoms with Gasteiger partial charge in [-0.05, 0) is 31.1 Å². The van der Waals surface area contributed by atoms with E-state index in [1.54, 1.807) is 0 Å². The van der Waals surface area contributed by atoms with Crippen molar-refractivity contribution in [2.24, 2.45) is 11.8 Å². The third-order valence-electron chi connectivity index (χ3n) is 3.66. The first-order valence-corrected chi connectivity index (χ1v) is 5.59. The molecule has 0 bridgehead atoms. The van der Waals surface area contributed by atoms with Gasteiger partial charge in [-0.25, -0.2) is 0 Å². The lowest BCUT2D eigenvalue weighted by Crippen LogP contribution is -2.30. The molecular formula is C12H19N. The van der Waals surface area contributed by atoms with Crippen LogP contribution in [0.3, 0.4) is 0 Å². The average Bonchev–Trinajstić information content (AvgIpc) is 2.88. The minimum atomic E-state index is 0.315. The molecule has 0 aromatic rings. The first-order valence-electron chi connectivity index (χ1n) is 5.59. The van der Waals surface area contributed by atoms with Crippen LogP contribution in [0.25, 0.3) is 0 Å². The molecule has 0 aromatic carbocycles. The molecule has 0 aromatic heterocycles. The molecule has 0 aliphatic heterocycles. The summed E-state index contributed by atoms with van der Waals surface area (Å²) in [6.45, 7) is 2.16. The van der Waals surface area contributed by atoms with E-state index >= 15 is 0 Å². The second kappa shape index (κ2) is 3.72. The van der Waals surface area contributed by atoms with Gasteiger partial charge < -0.3 is 5.32 Å². The Hall–Kier alpha value is -0.480. The Kier molecular flexibility index (Phi) is 2.60. The monoisotopic (exact) mass is 177 g/mol. The molecule has 1 nitrogen and oxygen atoms in total. The Morgan fingerprint density at radius 1 is 1.38 bits per heavy atom. The molecule has 0 heterocycles. The number of nitrogens with one attached hydrogen (secondary N) is 1. The molecule has 0 radical (unpaired) electrons. The summed E-state index contributed by atoms with van der Waals surface area (Å²) < 4.78 is 0. The third kappa shape index (κ3) is 1.74. The van der Waals surface area contributed by atoms with Crippen molar-refractivity contribution >= 4 is 0 Å². The van der Waals surface area contributed by atoms with Crippen LogP contribution in [0.1, 0.15) is 39.0 Å². The quantitative estimate of drug-likeness (QED) is 0.651. The Balaban J connectivity index is 1.81. The van der Waals surface area contributed by atoms with Crippen molar-refractivity contribution in [3.05, 3.63) is 0 Å². The standard InChI is InChI=1S/C12H19N/c1-3-9(4-2)13-12-10-7-5-6-8-11(10)12/h1,9-13H,4-8H2,2H3. The van der Waals surface area contributed by atoms with Crippen LogP contribution in [-0.2, 0) is 0 Å². The Morgan fingerprint density at radius 3 is 2.46 bits per heavy atom. The molecule has 1 N–H and O–H groups in total. The lowest BCUT2D eigenvalue weighted by molar-refractivity contribution is 0.480. The van der Waals surface area contributed by atoms with Gasteiger partial charge in [-0.1, -0.05) is 25.7 Å². The van der Waals surface area contributed by atoms with Crippen LogP contribution in [0.4, 0.5) is 0 Å². The largest absolute Gasteiger partial charge is 0.300 e. The second-order valence-corrected chi connectivity index (χ2v) is 4.43. The van der Waals surface area contributed by atoms with Crippen LogP contribution in [0.15, 0.2) is 0 Å². The summed E-state index contributed by atoms with van der Waals surface area (Å²) in [5, 5.41) is 3.60. The van der Waals surface area contributed by atoms with Gasteiger partial charge in [0.1, 0.15) is 0 Å². The zero-order valence-corrected chi connectivity index (χ0v) is 8.42. The van der Waals surface area contributed by atoms with Crippen molar-refractivity contribution in [1.29, 1.82) is 0 Å². The number of hydrogen-bond donors (Lipinski definition) is 1. The summed E-state index contributed by atoms with van der Waals surface area (Å²) in [6, 6.07) is 1.08. The van der Waals surface area contributed by atoms with Gasteiger partial charge in [0.15, 0.2) is 0 Å². The molecular weight excluding hydrogens is 158 g/mol. The van der Waals surface area contributed by atoms with Crippen LogP contribution in [0.2, 0.25) is 0 Å². The van der Waals surface area contributed by atoms with Crippen LogP contribution < -0.4 is 5.32 Å². The lowest BCUT2D eigenvalue weighted by atomic mass is 10.0. The van der Waals surface area contributed by atoms with Crippen molar-refractivity contribution < 1.29 is 0 Å². The summed E-state index contributed by atoms with van der Waals surface area (Å²) in [6.07, 6.45) is 12.2. The third-order valence-corrected chi connectivity index (χ3v) is 3.66. The molecule has 3 unspecified atom stereocenters. The van der Waals surface area contributed by atoms with Crippen molar-refractivity contribution in [3.63, 3.8) is 0 Å². The molecule has 72 valence electrons. The van der Waals surface area contributed by atoms with Gasteiger partial charge in [0.2, 0.25) is 0 Å². The summed E-state index contributed by atoms with van der Waals surface area (Å²) in [7, 11) is 0. The summed E-state index contributed by atoms with van der Waals surface area (Å²) in [5.74, 6) is 4.76. The van der Waals surface area contributed by atoms with Gasteiger partial charge in [0, 0.05) is 6.04 Å². The minimum absolute atomic E-state index is 0.315. The normalized spacial score (nSPS) is 38.9. The topological polar surface area (TPSA) is 12.0 Å². The molecule has 2 aliphatic carbocycles. The first-order chi connectivity index (χ1) is 6.36. The van der Waals surface area contributed by atoms with E-state index in [1.807, 2.05) is 0 Å². The molecule has 2 fully saturated rings. The smallest absolute Gasteiger partial charge is 0.0686 e. The molecule has 3 atom stereocenters. The zero-order chi connectivity index (χ0) is 9.26. The fourth-order valence-corrected chi connectivity index (χ4v) is 2.76. The van der Waals surface area contributed by atoms with E-state index in [2.05, 4.69) is 18.2 Å². The van der Waals surface area contributed by atoms with E-state index in [1.165, 1.54) is 25.7 Å². The molecule has 1 heteroatoms. The van der Waals surface area contributed by atoms with Crippen LogP contribution in [-0.4, -0.2) is 12.1 Å². The van der Waals surface area contributed by atoms with Crippen LogP contribution in [0.5, 0.6) is 0 Å². The molecule has 2 aliphatic rings. The summed E-state index contributed by atoms with van der Waals surface area (Å²) in [5.41, 5.74) is 0. The molecule has 0 spiro atoms. The van der Waals surface area contributed by atoms with E-state index in [9.17, 15) is 0 Å². The fourth-order valence-electron chi connectivity index (χ4n) is 2.76. The van der Waals surface area contributed by atoms with Crippen molar-refractivity contribution in [2.75, 3.05) is 0 Å². The van der Waals surface area contributed by atoms with Gasteiger partial charge in [-0.15, -0.1) is 6.42 Å². The maximum absolute atomic E-state index is 5.44. The SMILES string of the molecule is C#CC(CC)NC1C2CCCCC21. The first kappa shape index (κ1) is 9.09. The second-order valence-electron chi connectivity index (χ2n) is 4.43. The van der Waals surface area contributed by atoms with E-state index in [0.717, 1.165) is 24.3 Å². The van der Waals surface area contributed by atoms with Gasteiger partial charge in [-0.3, -0.25) is 0 Å². The Labute approximate surface area is 81.3 Å². The average molecular weight is 177 g/mol. The maximum Gasteiger partial charge on any atom is 0.0686 e. The van der Waals surface area contributed by atoms with Crippen molar-refractivity contribution in [2.45, 2.75) is 51.1 Å². The van der Waals surface area contributed by atoms with E-state index in [-0.39, 0.29) is 0 Å². The number of terminal acetylenes is 1. The van der Waals surface area contributed by atoms with E-state index in [0.29, 0.717) is 6.04 Å². The maximum atomic E-state index is 5.44. The highest BCUT2D eigenvalue weighted by molar-refractivity contribution is 5.09. The highest BCUT2D eigenvalue weighted by Crippen LogP contribution is 2.49. The Morgan fingerprint density at radius 2 is 2.00 bits per heavy atom. The van der Waals surface area contributed by atoms with Gasteiger partial charge >= 0.3 is 0 Å². The molecule has 0 amide bonds. The van der Waals surface area contributed by atoms with Gasteiger partial charge in [-0.2, -0.15) is 0 Å². The fraction of sp³-hybridized carbons (Fsp3) is 0.833. The summed E-state index contributed by atoms with van der Waals surface area (Å²) in [4.78, 5) is 0. The van der Waals surface area contributed by atoms with Crippen molar-refractivity contribution in [3.8, 4) is 12.3 Å². The predicted molar refractivity (Wildman–Crippen MR) is 55.3 cm³/mol. The highest BCUT2D eigenvalue weighted by Gasteiger charge is 2.50. The molecule has 2 rings (SSSR count). The molecule has 2 saturated carbocycles. The van der Waals surface area contributed by atoms with E-state index < -0.39 is 0 Å². The van der Waals surface area contributed by atoms with Gasteiger partial charge in [0.25, 0.3) is 0 Å². The number of hydrogen-bond acceptors (Lipinski definition) is 1. The Bertz CT molecular complexity index is 204.